The van der Waals surface area contributed by atoms with Gasteiger partial charge in [0.1, 0.15) is 0 Å². The fourth-order valence-electron chi connectivity index (χ4n) is 2.17. The van der Waals surface area contributed by atoms with Crippen molar-refractivity contribution in [3.8, 4) is 0 Å². The predicted molar refractivity (Wildman–Crippen MR) is 89.5 cm³/mol. The molecule has 116 valence electrons. The molecule has 0 spiro atoms. The second kappa shape index (κ2) is 10.1. The van der Waals surface area contributed by atoms with Crippen molar-refractivity contribution in [2.75, 3.05) is 0 Å². The van der Waals surface area contributed by atoms with Gasteiger partial charge in [-0.1, -0.05) is 69.4 Å². The normalized spacial score (nSPS) is 11.5. The first kappa shape index (κ1) is 17.4. The molecule has 1 amide bonds. The molecule has 0 aliphatic heterocycles. The number of hydrogen-bond acceptors (Lipinski definition) is 2. The van der Waals surface area contributed by atoms with Gasteiger partial charge in [0.15, 0.2) is 0 Å². The molecule has 0 atom stereocenters. The zero-order chi connectivity index (χ0) is 15.5. The van der Waals surface area contributed by atoms with Gasteiger partial charge in [-0.3, -0.25) is 4.79 Å². The summed E-state index contributed by atoms with van der Waals surface area (Å²) < 4.78 is 0. The summed E-state index contributed by atoms with van der Waals surface area (Å²) in [5.41, 5.74) is 5.91. The molecule has 0 aromatic heterocycles. The summed E-state index contributed by atoms with van der Waals surface area (Å²) in [6, 6.07) is 8.23. The second-order valence-corrected chi connectivity index (χ2v) is 5.48. The van der Waals surface area contributed by atoms with Gasteiger partial charge >= 0.3 is 0 Å². The predicted octanol–water partition coefficient (Wildman–Crippen LogP) is 4.59. The minimum absolute atomic E-state index is 0.0181. The molecular weight excluding hydrogens is 260 g/mol. The number of unbranched alkanes of at least 4 members (excludes halogenated alkanes) is 4. The van der Waals surface area contributed by atoms with Crippen molar-refractivity contribution in [3.05, 3.63) is 35.4 Å². The highest BCUT2D eigenvalue weighted by Crippen LogP contribution is 2.07. The highest BCUT2D eigenvalue weighted by atomic mass is 16.2. The lowest BCUT2D eigenvalue weighted by molar-refractivity contribution is -0.121. The summed E-state index contributed by atoms with van der Waals surface area (Å²) in [4.78, 5) is 11.8. The molecule has 1 aromatic carbocycles. The first-order chi connectivity index (χ1) is 10.2. The Morgan fingerprint density at radius 1 is 1.05 bits per heavy atom. The molecule has 21 heavy (non-hydrogen) atoms. The summed E-state index contributed by atoms with van der Waals surface area (Å²) in [6.07, 6.45) is 7.16. The van der Waals surface area contributed by atoms with E-state index in [1.165, 1.54) is 24.8 Å². The van der Waals surface area contributed by atoms with Crippen LogP contribution in [0.1, 0.15) is 69.9 Å². The van der Waals surface area contributed by atoms with Crippen molar-refractivity contribution in [1.29, 1.82) is 0 Å². The fraction of sp³-hybridized carbons (Fsp3) is 0.556. The number of amides is 1. The molecule has 0 unspecified atom stereocenters. The maximum atomic E-state index is 11.8. The molecule has 1 rings (SSSR count). The standard InChI is InChI=1S/C18H28N2O/c1-4-6-7-8-9-10-18(21)20-19-17(5-2)16-13-11-15(3)12-14-16/h11-14H,4-10H2,1-3H3,(H,20,21). The van der Waals surface area contributed by atoms with E-state index >= 15 is 0 Å². The van der Waals surface area contributed by atoms with E-state index < -0.39 is 0 Å². The van der Waals surface area contributed by atoms with Crippen LogP contribution in [0.4, 0.5) is 0 Å². The van der Waals surface area contributed by atoms with Crippen LogP contribution in [0, 0.1) is 6.92 Å². The van der Waals surface area contributed by atoms with E-state index in [1.807, 2.05) is 0 Å². The van der Waals surface area contributed by atoms with Crippen LogP contribution in [0.5, 0.6) is 0 Å². The molecule has 3 nitrogen and oxygen atoms in total. The molecule has 0 aliphatic rings. The lowest BCUT2D eigenvalue weighted by Crippen LogP contribution is -2.19. The summed E-state index contributed by atoms with van der Waals surface area (Å²) in [5.74, 6) is 0.0181. The fourth-order valence-corrected chi connectivity index (χ4v) is 2.17. The minimum Gasteiger partial charge on any atom is -0.273 e. The van der Waals surface area contributed by atoms with Crippen LogP contribution < -0.4 is 5.43 Å². The highest BCUT2D eigenvalue weighted by Gasteiger charge is 2.03. The SMILES string of the molecule is CCCCCCCC(=O)NN=C(CC)c1ccc(C)cc1. The lowest BCUT2D eigenvalue weighted by atomic mass is 10.1. The maximum Gasteiger partial charge on any atom is 0.240 e. The smallest absolute Gasteiger partial charge is 0.240 e. The first-order valence-corrected chi connectivity index (χ1v) is 8.09. The summed E-state index contributed by atoms with van der Waals surface area (Å²) in [6.45, 7) is 6.31. The molecule has 1 N–H and O–H groups in total. The van der Waals surface area contributed by atoms with Gasteiger partial charge in [0, 0.05) is 6.42 Å². The average molecular weight is 288 g/mol. The average Bonchev–Trinajstić information content (AvgIpc) is 2.49. The van der Waals surface area contributed by atoms with E-state index in [0.717, 1.165) is 30.5 Å². The molecular formula is C18H28N2O. The molecule has 0 saturated carbocycles. The first-order valence-electron chi connectivity index (χ1n) is 8.09. The third-order valence-corrected chi connectivity index (χ3v) is 3.54. The zero-order valence-electron chi connectivity index (χ0n) is 13.6. The Morgan fingerprint density at radius 3 is 2.33 bits per heavy atom. The monoisotopic (exact) mass is 288 g/mol. The van der Waals surface area contributed by atoms with Crippen molar-refractivity contribution < 1.29 is 4.79 Å². The van der Waals surface area contributed by atoms with Gasteiger partial charge in [-0.2, -0.15) is 5.10 Å². The summed E-state index contributed by atoms with van der Waals surface area (Å²) >= 11 is 0. The van der Waals surface area contributed by atoms with E-state index in [4.69, 9.17) is 0 Å². The van der Waals surface area contributed by atoms with Crippen LogP contribution in [-0.2, 0) is 4.79 Å². The lowest BCUT2D eigenvalue weighted by Gasteiger charge is -2.06. The van der Waals surface area contributed by atoms with Crippen molar-refractivity contribution in [2.45, 2.75) is 65.7 Å². The van der Waals surface area contributed by atoms with Crippen LogP contribution in [0.15, 0.2) is 29.4 Å². The number of rotatable bonds is 9. The van der Waals surface area contributed by atoms with Gasteiger partial charge in [-0.05, 0) is 25.3 Å². The topological polar surface area (TPSA) is 41.5 Å². The zero-order valence-corrected chi connectivity index (χ0v) is 13.6. The van der Waals surface area contributed by atoms with Gasteiger partial charge in [-0.25, -0.2) is 5.43 Å². The third-order valence-electron chi connectivity index (χ3n) is 3.54. The number of nitrogens with zero attached hydrogens (tertiary/aromatic N) is 1. The molecule has 0 heterocycles. The van der Waals surface area contributed by atoms with Gasteiger partial charge in [0.05, 0.1) is 5.71 Å². The maximum absolute atomic E-state index is 11.8. The number of aryl methyl sites for hydroxylation is 1. The molecule has 0 saturated heterocycles. The van der Waals surface area contributed by atoms with Crippen LogP contribution in [-0.4, -0.2) is 11.6 Å². The third kappa shape index (κ3) is 7.07. The van der Waals surface area contributed by atoms with Gasteiger partial charge in [-0.15, -0.1) is 0 Å². The number of carbonyl (C=O) groups is 1. The van der Waals surface area contributed by atoms with E-state index in [0.29, 0.717) is 6.42 Å². The van der Waals surface area contributed by atoms with Gasteiger partial charge in [0.2, 0.25) is 5.91 Å². The number of benzene rings is 1. The van der Waals surface area contributed by atoms with Crippen LogP contribution in [0.25, 0.3) is 0 Å². The summed E-state index contributed by atoms with van der Waals surface area (Å²) in [5, 5.41) is 4.27. The molecule has 0 bridgehead atoms. The number of hydrazone groups is 1. The van der Waals surface area contributed by atoms with Crippen molar-refractivity contribution >= 4 is 11.6 Å². The van der Waals surface area contributed by atoms with E-state index in [-0.39, 0.29) is 5.91 Å². The van der Waals surface area contributed by atoms with Crippen molar-refractivity contribution in [1.82, 2.24) is 5.43 Å². The number of nitrogens with one attached hydrogen (secondary N) is 1. The summed E-state index contributed by atoms with van der Waals surface area (Å²) in [7, 11) is 0. The van der Waals surface area contributed by atoms with Crippen LogP contribution in [0.3, 0.4) is 0 Å². The quantitative estimate of drug-likeness (QED) is 0.403. The van der Waals surface area contributed by atoms with Crippen LogP contribution in [0.2, 0.25) is 0 Å². The Kier molecular flexibility index (Phi) is 8.41. The Hall–Kier alpha value is -1.64. The molecule has 0 fully saturated rings. The van der Waals surface area contributed by atoms with Crippen molar-refractivity contribution in [3.63, 3.8) is 0 Å². The number of hydrogen-bond donors (Lipinski definition) is 1. The van der Waals surface area contributed by atoms with Crippen molar-refractivity contribution in [2.24, 2.45) is 5.10 Å². The molecule has 1 aromatic rings. The van der Waals surface area contributed by atoms with E-state index in [2.05, 4.69) is 55.6 Å². The Labute approximate surface area is 128 Å². The molecule has 3 heteroatoms. The Balaban J connectivity index is 2.41. The van der Waals surface area contributed by atoms with Gasteiger partial charge in [0.25, 0.3) is 0 Å². The van der Waals surface area contributed by atoms with E-state index in [1.54, 1.807) is 0 Å². The largest absolute Gasteiger partial charge is 0.273 e. The minimum atomic E-state index is 0.0181. The molecule has 0 radical (unpaired) electrons. The highest BCUT2D eigenvalue weighted by molar-refractivity contribution is 6.00. The van der Waals surface area contributed by atoms with Gasteiger partial charge < -0.3 is 0 Å². The Bertz CT molecular complexity index is 449. The van der Waals surface area contributed by atoms with Crippen LogP contribution >= 0.6 is 0 Å². The van der Waals surface area contributed by atoms with E-state index in [9.17, 15) is 4.79 Å². The Morgan fingerprint density at radius 2 is 1.71 bits per heavy atom. The molecule has 0 aliphatic carbocycles. The second-order valence-electron chi connectivity index (χ2n) is 5.48. The number of carbonyl (C=O) groups excluding carboxylic acids is 1.